The van der Waals surface area contributed by atoms with Gasteiger partial charge in [-0.2, -0.15) is 4.31 Å². The molecular formula is C17H19NO4S2. The van der Waals surface area contributed by atoms with Crippen molar-refractivity contribution in [3.63, 3.8) is 0 Å². The zero-order valence-corrected chi connectivity index (χ0v) is 14.8. The van der Waals surface area contributed by atoms with E-state index in [0.717, 1.165) is 35.7 Å². The molecule has 2 aromatic rings. The van der Waals surface area contributed by atoms with Crippen molar-refractivity contribution in [1.29, 1.82) is 0 Å². The standard InChI is InChI=1S/C17H19NO4S2/c19-24(20,14-3-4-15-13(12-14)6-10-22-15)18-7-5-17(23-11-8-18)16-2-1-9-21-16/h1-4,9,12,17H,5-8,10-11H2/t17-/m0/s1. The number of rotatable bonds is 3. The highest BCUT2D eigenvalue weighted by Gasteiger charge is 2.30. The van der Waals surface area contributed by atoms with Crippen molar-refractivity contribution in [2.45, 2.75) is 23.0 Å². The Kier molecular flexibility index (Phi) is 4.32. The van der Waals surface area contributed by atoms with Crippen molar-refractivity contribution in [3.05, 3.63) is 47.9 Å². The van der Waals surface area contributed by atoms with E-state index in [2.05, 4.69) is 0 Å². The van der Waals surface area contributed by atoms with E-state index in [4.69, 9.17) is 9.15 Å². The van der Waals surface area contributed by atoms with Gasteiger partial charge in [0.1, 0.15) is 11.5 Å². The fourth-order valence-electron chi connectivity index (χ4n) is 3.16. The van der Waals surface area contributed by atoms with Crippen molar-refractivity contribution in [2.24, 2.45) is 0 Å². The first-order chi connectivity index (χ1) is 11.6. The number of sulfonamides is 1. The first kappa shape index (κ1) is 16.1. The minimum Gasteiger partial charge on any atom is -0.493 e. The summed E-state index contributed by atoms with van der Waals surface area (Å²) in [5.74, 6) is 2.49. The van der Waals surface area contributed by atoms with Crippen molar-refractivity contribution in [3.8, 4) is 5.75 Å². The minimum atomic E-state index is -3.47. The molecule has 1 aromatic heterocycles. The third-order valence-electron chi connectivity index (χ3n) is 4.46. The Morgan fingerprint density at radius 1 is 1.21 bits per heavy atom. The van der Waals surface area contributed by atoms with Gasteiger partial charge >= 0.3 is 0 Å². The number of hydrogen-bond donors (Lipinski definition) is 0. The fraction of sp³-hybridized carbons (Fsp3) is 0.412. The van der Waals surface area contributed by atoms with Gasteiger partial charge in [-0.1, -0.05) is 0 Å². The van der Waals surface area contributed by atoms with E-state index >= 15 is 0 Å². The van der Waals surface area contributed by atoms with Crippen LogP contribution in [0.15, 0.2) is 45.9 Å². The molecule has 0 spiro atoms. The van der Waals surface area contributed by atoms with Crippen LogP contribution in [0.5, 0.6) is 5.75 Å². The van der Waals surface area contributed by atoms with Crippen LogP contribution in [0.3, 0.4) is 0 Å². The van der Waals surface area contributed by atoms with Crippen molar-refractivity contribution < 1.29 is 17.6 Å². The lowest BCUT2D eigenvalue weighted by Gasteiger charge is -2.20. The Hall–Kier alpha value is -1.44. The van der Waals surface area contributed by atoms with Crippen molar-refractivity contribution >= 4 is 21.8 Å². The Bertz CT molecular complexity index is 817. The highest BCUT2D eigenvalue weighted by Crippen LogP contribution is 2.36. The lowest BCUT2D eigenvalue weighted by molar-refractivity contribution is 0.356. The average molecular weight is 365 g/mol. The maximum Gasteiger partial charge on any atom is 0.243 e. The summed E-state index contributed by atoms with van der Waals surface area (Å²) in [4.78, 5) is 0.369. The Labute approximate surface area is 146 Å². The first-order valence-corrected chi connectivity index (χ1v) is 10.5. The van der Waals surface area contributed by atoms with Crippen molar-refractivity contribution in [1.82, 2.24) is 4.31 Å². The highest BCUT2D eigenvalue weighted by molar-refractivity contribution is 7.99. The summed E-state index contributed by atoms with van der Waals surface area (Å²) in [7, 11) is -3.47. The summed E-state index contributed by atoms with van der Waals surface area (Å²) in [5.41, 5.74) is 0.980. The average Bonchev–Trinajstić information content (AvgIpc) is 3.21. The molecule has 2 aliphatic heterocycles. The van der Waals surface area contributed by atoms with E-state index in [1.54, 1.807) is 40.5 Å². The summed E-state index contributed by atoms with van der Waals surface area (Å²) in [5, 5.41) is 0.216. The van der Waals surface area contributed by atoms with Crippen LogP contribution in [0.25, 0.3) is 0 Å². The van der Waals surface area contributed by atoms with Gasteiger partial charge in [-0.25, -0.2) is 8.42 Å². The van der Waals surface area contributed by atoms with E-state index in [1.807, 2.05) is 12.1 Å². The molecule has 7 heteroatoms. The van der Waals surface area contributed by atoms with Gasteiger partial charge in [0.25, 0.3) is 0 Å². The topological polar surface area (TPSA) is 59.8 Å². The van der Waals surface area contributed by atoms with Gasteiger partial charge in [-0.15, -0.1) is 11.8 Å². The molecule has 5 nitrogen and oxygen atoms in total. The number of thioether (sulfide) groups is 1. The predicted octanol–water partition coefficient (Wildman–Crippen LogP) is 3.08. The summed E-state index contributed by atoms with van der Waals surface area (Å²) in [6.07, 6.45) is 3.20. The van der Waals surface area contributed by atoms with Crippen LogP contribution in [0, 0.1) is 0 Å². The quantitative estimate of drug-likeness (QED) is 0.837. The zero-order valence-electron chi connectivity index (χ0n) is 13.2. The van der Waals surface area contributed by atoms with Gasteiger partial charge < -0.3 is 9.15 Å². The Morgan fingerprint density at radius 3 is 2.96 bits per heavy atom. The molecule has 1 saturated heterocycles. The summed E-state index contributed by atoms with van der Waals surface area (Å²) in [6.45, 7) is 1.66. The third-order valence-corrected chi connectivity index (χ3v) is 7.64. The summed E-state index contributed by atoms with van der Waals surface area (Å²) < 4.78 is 38.5. The number of hydrogen-bond acceptors (Lipinski definition) is 5. The molecule has 1 atom stereocenters. The van der Waals surface area contributed by atoms with Gasteiger partial charge in [0.15, 0.2) is 0 Å². The van der Waals surface area contributed by atoms with Crippen LogP contribution >= 0.6 is 11.8 Å². The minimum absolute atomic E-state index is 0.216. The summed E-state index contributed by atoms with van der Waals surface area (Å²) in [6, 6.07) is 9.03. The molecule has 2 aliphatic rings. The van der Waals surface area contributed by atoms with Crippen LogP contribution in [0.1, 0.15) is 23.0 Å². The largest absolute Gasteiger partial charge is 0.493 e. The second-order valence-electron chi connectivity index (χ2n) is 5.94. The third kappa shape index (κ3) is 2.96. The first-order valence-electron chi connectivity index (χ1n) is 8.05. The normalized spacial score (nSPS) is 21.9. The maximum atomic E-state index is 13.0. The second-order valence-corrected chi connectivity index (χ2v) is 9.18. The van der Waals surface area contributed by atoms with Gasteiger partial charge in [0.2, 0.25) is 10.0 Å². The van der Waals surface area contributed by atoms with Gasteiger partial charge in [0.05, 0.1) is 23.0 Å². The molecule has 128 valence electrons. The monoisotopic (exact) mass is 365 g/mol. The van der Waals surface area contributed by atoms with E-state index in [1.165, 1.54) is 0 Å². The molecule has 0 aliphatic carbocycles. The molecule has 3 heterocycles. The molecule has 24 heavy (non-hydrogen) atoms. The smallest absolute Gasteiger partial charge is 0.243 e. The van der Waals surface area contributed by atoms with Crippen LogP contribution in [-0.2, 0) is 16.4 Å². The van der Waals surface area contributed by atoms with Crippen LogP contribution in [0.2, 0.25) is 0 Å². The Balaban J connectivity index is 1.54. The number of fused-ring (bicyclic) bond motifs is 1. The van der Waals surface area contributed by atoms with Gasteiger partial charge in [-0.05, 0) is 42.3 Å². The molecule has 0 N–H and O–H groups in total. The molecular weight excluding hydrogens is 346 g/mol. The van der Waals surface area contributed by atoms with E-state index in [0.29, 0.717) is 24.6 Å². The fourth-order valence-corrected chi connectivity index (χ4v) is 5.97. The molecule has 0 bridgehead atoms. The molecule has 0 saturated carbocycles. The van der Waals surface area contributed by atoms with Crippen molar-refractivity contribution in [2.75, 3.05) is 25.4 Å². The highest BCUT2D eigenvalue weighted by atomic mass is 32.2. The van der Waals surface area contributed by atoms with Crippen LogP contribution in [-0.4, -0.2) is 38.2 Å². The molecule has 1 fully saturated rings. The Morgan fingerprint density at radius 2 is 2.12 bits per heavy atom. The zero-order chi connectivity index (χ0) is 16.6. The van der Waals surface area contributed by atoms with Crippen LogP contribution in [0.4, 0.5) is 0 Å². The van der Waals surface area contributed by atoms with E-state index in [9.17, 15) is 8.42 Å². The van der Waals surface area contributed by atoms with Gasteiger partial charge in [0, 0.05) is 25.3 Å². The lowest BCUT2D eigenvalue weighted by Crippen LogP contribution is -2.33. The molecule has 0 unspecified atom stereocenters. The number of furan rings is 1. The van der Waals surface area contributed by atoms with Crippen LogP contribution < -0.4 is 4.74 Å². The number of benzene rings is 1. The molecule has 1 aromatic carbocycles. The van der Waals surface area contributed by atoms with E-state index in [-0.39, 0.29) is 5.25 Å². The second kappa shape index (κ2) is 6.46. The summed E-state index contributed by atoms with van der Waals surface area (Å²) >= 11 is 1.76. The van der Waals surface area contributed by atoms with Gasteiger partial charge in [-0.3, -0.25) is 0 Å². The SMILES string of the molecule is O=S(=O)(c1ccc2c(c1)CCO2)N1CCS[C@H](c2ccco2)CC1. The molecule has 0 amide bonds. The molecule has 4 rings (SSSR count). The molecule has 0 radical (unpaired) electrons. The number of nitrogens with zero attached hydrogens (tertiary/aromatic N) is 1. The maximum absolute atomic E-state index is 13.0. The van der Waals surface area contributed by atoms with E-state index < -0.39 is 10.0 Å². The predicted molar refractivity (Wildman–Crippen MR) is 92.9 cm³/mol. The number of ether oxygens (including phenoxy) is 1. The lowest BCUT2D eigenvalue weighted by atomic mass is 10.2.